The van der Waals surface area contributed by atoms with E-state index in [1.54, 1.807) is 24.3 Å². The Morgan fingerprint density at radius 2 is 1.68 bits per heavy atom. The Morgan fingerprint density at radius 1 is 0.920 bits per heavy atom. The minimum Gasteiger partial charge on any atom is -0.497 e. The standard InChI is InChI=1S/C19H11F3O3/c1-24-12-5-2-10-3-7-15-17(14(10)9-12)18(23)13-6-4-11(19(20,21)22)8-16(13)25-15/h2-9H,1H3. The van der Waals surface area contributed by atoms with Crippen LogP contribution in [-0.4, -0.2) is 7.11 Å². The first-order valence-electron chi connectivity index (χ1n) is 7.43. The highest BCUT2D eigenvalue weighted by atomic mass is 19.4. The molecule has 0 aliphatic rings. The Balaban J connectivity index is 2.13. The van der Waals surface area contributed by atoms with Crippen LogP contribution in [0.4, 0.5) is 13.2 Å². The fraction of sp³-hybridized carbons (Fsp3) is 0.105. The third-order valence-electron chi connectivity index (χ3n) is 4.19. The quantitative estimate of drug-likeness (QED) is 0.355. The van der Waals surface area contributed by atoms with E-state index < -0.39 is 11.7 Å². The number of rotatable bonds is 1. The summed E-state index contributed by atoms with van der Waals surface area (Å²) in [5.74, 6) is 0.576. The zero-order valence-corrected chi connectivity index (χ0v) is 13.0. The van der Waals surface area contributed by atoms with Crippen molar-refractivity contribution in [3.8, 4) is 5.75 Å². The lowest BCUT2D eigenvalue weighted by Crippen LogP contribution is -2.07. The highest BCUT2D eigenvalue weighted by Gasteiger charge is 2.31. The summed E-state index contributed by atoms with van der Waals surface area (Å²) >= 11 is 0. The van der Waals surface area contributed by atoms with Gasteiger partial charge in [-0.1, -0.05) is 12.1 Å². The molecule has 0 spiro atoms. The van der Waals surface area contributed by atoms with Gasteiger partial charge in [-0.2, -0.15) is 13.2 Å². The Kier molecular flexibility index (Phi) is 3.25. The van der Waals surface area contributed by atoms with Gasteiger partial charge >= 0.3 is 6.18 Å². The Morgan fingerprint density at radius 3 is 2.40 bits per heavy atom. The van der Waals surface area contributed by atoms with Gasteiger partial charge in [0.2, 0.25) is 5.43 Å². The second-order valence-corrected chi connectivity index (χ2v) is 5.67. The van der Waals surface area contributed by atoms with Crippen molar-refractivity contribution in [1.82, 2.24) is 0 Å². The van der Waals surface area contributed by atoms with Crippen LogP contribution in [-0.2, 0) is 6.18 Å². The second-order valence-electron chi connectivity index (χ2n) is 5.67. The van der Waals surface area contributed by atoms with Gasteiger partial charge in [-0.15, -0.1) is 0 Å². The van der Waals surface area contributed by atoms with E-state index in [1.165, 1.54) is 7.11 Å². The average molecular weight is 344 g/mol. The lowest BCUT2D eigenvalue weighted by Gasteiger charge is -2.09. The minimum atomic E-state index is -4.50. The van der Waals surface area contributed by atoms with Gasteiger partial charge in [0.05, 0.1) is 23.4 Å². The van der Waals surface area contributed by atoms with Crippen molar-refractivity contribution < 1.29 is 22.3 Å². The van der Waals surface area contributed by atoms with Crippen molar-refractivity contribution in [3.63, 3.8) is 0 Å². The largest absolute Gasteiger partial charge is 0.497 e. The van der Waals surface area contributed by atoms with Crippen LogP contribution in [0, 0.1) is 0 Å². The molecular formula is C19H11F3O3. The van der Waals surface area contributed by atoms with Crippen LogP contribution in [0.5, 0.6) is 5.75 Å². The van der Waals surface area contributed by atoms with Crippen molar-refractivity contribution in [2.24, 2.45) is 0 Å². The van der Waals surface area contributed by atoms with Crippen molar-refractivity contribution >= 4 is 32.7 Å². The molecule has 25 heavy (non-hydrogen) atoms. The molecule has 1 aromatic heterocycles. The van der Waals surface area contributed by atoms with Crippen LogP contribution in [0.1, 0.15) is 5.56 Å². The molecule has 0 radical (unpaired) electrons. The van der Waals surface area contributed by atoms with Gasteiger partial charge in [-0.25, -0.2) is 0 Å². The zero-order valence-electron chi connectivity index (χ0n) is 13.0. The van der Waals surface area contributed by atoms with Crippen LogP contribution in [0.25, 0.3) is 32.7 Å². The fourth-order valence-corrected chi connectivity index (χ4v) is 2.95. The van der Waals surface area contributed by atoms with E-state index in [1.807, 2.05) is 6.07 Å². The van der Waals surface area contributed by atoms with Gasteiger partial charge in [-0.3, -0.25) is 4.79 Å². The first-order chi connectivity index (χ1) is 11.9. The van der Waals surface area contributed by atoms with Crippen molar-refractivity contribution in [3.05, 3.63) is 64.3 Å². The number of hydrogen-bond acceptors (Lipinski definition) is 3. The predicted molar refractivity (Wildman–Crippen MR) is 89.1 cm³/mol. The number of ether oxygens (including phenoxy) is 1. The van der Waals surface area contributed by atoms with Crippen LogP contribution >= 0.6 is 0 Å². The SMILES string of the molecule is COc1ccc2ccc3oc4cc(C(F)(F)F)ccc4c(=O)c3c2c1. The summed E-state index contributed by atoms with van der Waals surface area (Å²) in [6.45, 7) is 0. The van der Waals surface area contributed by atoms with Crippen LogP contribution in [0.2, 0.25) is 0 Å². The van der Waals surface area contributed by atoms with E-state index in [0.717, 1.165) is 23.6 Å². The first kappa shape index (κ1) is 15.5. The van der Waals surface area contributed by atoms with Gasteiger partial charge < -0.3 is 9.15 Å². The van der Waals surface area contributed by atoms with E-state index in [0.29, 0.717) is 16.5 Å². The van der Waals surface area contributed by atoms with Gasteiger partial charge in [0.1, 0.15) is 16.9 Å². The monoisotopic (exact) mass is 344 g/mol. The molecule has 0 unspecified atom stereocenters. The molecule has 0 atom stereocenters. The third kappa shape index (κ3) is 2.41. The predicted octanol–water partition coefficient (Wildman–Crippen LogP) is 5.13. The van der Waals surface area contributed by atoms with Gasteiger partial charge in [0.25, 0.3) is 0 Å². The highest BCUT2D eigenvalue weighted by Crippen LogP contribution is 2.33. The fourth-order valence-electron chi connectivity index (χ4n) is 2.95. The molecule has 0 aliphatic carbocycles. The van der Waals surface area contributed by atoms with Crippen molar-refractivity contribution in [2.45, 2.75) is 6.18 Å². The molecule has 0 saturated heterocycles. The summed E-state index contributed by atoms with van der Waals surface area (Å²) in [4.78, 5) is 12.9. The molecule has 0 N–H and O–H groups in total. The molecule has 4 aromatic rings. The summed E-state index contributed by atoms with van der Waals surface area (Å²) in [6.07, 6.45) is -4.50. The van der Waals surface area contributed by atoms with Crippen LogP contribution < -0.4 is 10.2 Å². The molecule has 0 bridgehead atoms. The summed E-state index contributed by atoms with van der Waals surface area (Å²) < 4.78 is 49.5. The maximum absolute atomic E-state index is 12.9. The van der Waals surface area contributed by atoms with Gasteiger partial charge in [0, 0.05) is 5.39 Å². The number of alkyl halides is 3. The van der Waals surface area contributed by atoms with E-state index in [-0.39, 0.29) is 22.0 Å². The molecule has 126 valence electrons. The minimum absolute atomic E-state index is 0.0884. The number of hydrogen-bond donors (Lipinski definition) is 0. The van der Waals surface area contributed by atoms with Crippen LogP contribution in [0.3, 0.4) is 0 Å². The number of halogens is 3. The molecule has 0 saturated carbocycles. The van der Waals surface area contributed by atoms with E-state index >= 15 is 0 Å². The topological polar surface area (TPSA) is 39.4 Å². The normalized spacial score (nSPS) is 12.2. The van der Waals surface area contributed by atoms with E-state index in [9.17, 15) is 18.0 Å². The Hall–Kier alpha value is -3.02. The summed E-state index contributed by atoms with van der Waals surface area (Å²) in [5, 5.41) is 1.87. The maximum atomic E-state index is 12.9. The molecule has 0 aliphatic heterocycles. The lowest BCUT2D eigenvalue weighted by molar-refractivity contribution is -0.137. The molecule has 0 fully saturated rings. The first-order valence-corrected chi connectivity index (χ1v) is 7.43. The van der Waals surface area contributed by atoms with E-state index in [4.69, 9.17) is 9.15 Å². The molecule has 3 nitrogen and oxygen atoms in total. The number of fused-ring (bicyclic) bond motifs is 4. The van der Waals surface area contributed by atoms with Gasteiger partial charge in [0.15, 0.2) is 0 Å². The summed E-state index contributed by atoms with van der Waals surface area (Å²) in [6, 6.07) is 11.5. The molecular weight excluding hydrogens is 333 g/mol. The molecule has 6 heteroatoms. The van der Waals surface area contributed by atoms with Crippen LogP contribution in [0.15, 0.2) is 57.7 Å². The zero-order chi connectivity index (χ0) is 17.8. The maximum Gasteiger partial charge on any atom is 0.416 e. The molecule has 3 aromatic carbocycles. The Labute approximate surface area is 139 Å². The third-order valence-corrected chi connectivity index (χ3v) is 4.19. The van der Waals surface area contributed by atoms with E-state index in [2.05, 4.69) is 0 Å². The second kappa shape index (κ2) is 5.24. The summed E-state index contributed by atoms with van der Waals surface area (Å²) in [5.41, 5.74) is -1.08. The van der Waals surface area contributed by atoms with Crippen molar-refractivity contribution in [1.29, 1.82) is 0 Å². The number of benzene rings is 3. The number of methoxy groups -OCH3 is 1. The lowest BCUT2D eigenvalue weighted by atomic mass is 10.0. The molecule has 4 rings (SSSR count). The smallest absolute Gasteiger partial charge is 0.416 e. The van der Waals surface area contributed by atoms with Gasteiger partial charge in [-0.05, 0) is 41.8 Å². The van der Waals surface area contributed by atoms with Crippen molar-refractivity contribution in [2.75, 3.05) is 7.11 Å². The average Bonchev–Trinajstić information content (AvgIpc) is 2.59. The molecule has 0 amide bonds. The Bertz CT molecular complexity index is 1190. The summed E-state index contributed by atoms with van der Waals surface area (Å²) in [7, 11) is 1.52. The highest BCUT2D eigenvalue weighted by molar-refractivity contribution is 6.08. The molecule has 1 heterocycles.